The molecule has 0 aliphatic carbocycles. The minimum absolute atomic E-state index is 0.128. The highest BCUT2D eigenvalue weighted by Crippen LogP contribution is 2.22. The Morgan fingerprint density at radius 2 is 2.13 bits per heavy atom. The molecule has 2 aromatic rings. The van der Waals surface area contributed by atoms with Gasteiger partial charge in [0.15, 0.2) is 5.78 Å². The number of rotatable bonds is 2. The van der Waals surface area contributed by atoms with Gasteiger partial charge in [-0.15, -0.1) is 0 Å². The molecule has 15 heavy (non-hydrogen) atoms. The Kier molecular flexibility index (Phi) is 2.35. The van der Waals surface area contributed by atoms with Crippen LogP contribution in [0.2, 0.25) is 0 Å². The smallest absolute Gasteiger partial charge is 0.178 e. The van der Waals surface area contributed by atoms with Gasteiger partial charge in [0.25, 0.3) is 0 Å². The van der Waals surface area contributed by atoms with Crippen molar-refractivity contribution in [2.75, 3.05) is 5.48 Å². The summed E-state index contributed by atoms with van der Waals surface area (Å²) >= 11 is 0. The van der Waals surface area contributed by atoms with Crippen molar-refractivity contribution >= 4 is 22.4 Å². The number of nitrogens with zero attached hydrogens (tertiary/aromatic N) is 1. The number of nitrogens with one attached hydrogen (secondary N) is 1. The molecule has 0 aliphatic heterocycles. The fourth-order valence-corrected chi connectivity index (χ4v) is 1.45. The van der Waals surface area contributed by atoms with Crippen molar-refractivity contribution in [3.8, 4) is 0 Å². The number of anilines is 1. The summed E-state index contributed by atoms with van der Waals surface area (Å²) in [5, 5.41) is 9.74. The summed E-state index contributed by atoms with van der Waals surface area (Å²) in [5.74, 6) is -0.128. The zero-order valence-corrected chi connectivity index (χ0v) is 8.19. The summed E-state index contributed by atoms with van der Waals surface area (Å²) in [6, 6.07) is 8.83. The highest BCUT2D eigenvalue weighted by molar-refractivity contribution is 5.99. The number of benzene rings is 1. The van der Waals surface area contributed by atoms with Crippen LogP contribution in [0.4, 0.5) is 5.69 Å². The highest BCUT2D eigenvalue weighted by atomic mass is 16.5. The summed E-state index contributed by atoms with van der Waals surface area (Å²) in [5.41, 5.74) is 3.58. The first-order valence-electron chi connectivity index (χ1n) is 4.53. The second-order valence-corrected chi connectivity index (χ2v) is 3.24. The summed E-state index contributed by atoms with van der Waals surface area (Å²) < 4.78 is 0. The molecule has 0 saturated carbocycles. The Bertz CT molecular complexity index is 523. The van der Waals surface area contributed by atoms with Gasteiger partial charge in [0.05, 0.1) is 11.2 Å². The van der Waals surface area contributed by atoms with Crippen LogP contribution < -0.4 is 5.48 Å². The average molecular weight is 202 g/mol. The van der Waals surface area contributed by atoms with Gasteiger partial charge < -0.3 is 0 Å². The summed E-state index contributed by atoms with van der Waals surface area (Å²) in [7, 11) is 0. The Labute approximate surface area is 86.5 Å². The highest BCUT2D eigenvalue weighted by Gasteiger charge is 2.07. The molecule has 1 aromatic heterocycles. The summed E-state index contributed by atoms with van der Waals surface area (Å²) in [6.07, 6.45) is 0. The van der Waals surface area contributed by atoms with Crippen molar-refractivity contribution in [3.63, 3.8) is 0 Å². The van der Waals surface area contributed by atoms with Gasteiger partial charge in [-0.1, -0.05) is 18.2 Å². The van der Waals surface area contributed by atoms with E-state index in [1.54, 1.807) is 6.07 Å². The van der Waals surface area contributed by atoms with Crippen LogP contribution in [-0.2, 0) is 0 Å². The zero-order chi connectivity index (χ0) is 10.8. The quantitative estimate of drug-likeness (QED) is 0.579. The third-order valence-corrected chi connectivity index (χ3v) is 2.20. The van der Waals surface area contributed by atoms with Crippen LogP contribution in [0.1, 0.15) is 17.4 Å². The number of aromatic nitrogens is 1. The number of ketones is 1. The molecule has 0 fully saturated rings. The van der Waals surface area contributed by atoms with E-state index in [2.05, 4.69) is 10.5 Å². The third-order valence-electron chi connectivity index (χ3n) is 2.20. The molecule has 2 rings (SSSR count). The van der Waals surface area contributed by atoms with E-state index in [-0.39, 0.29) is 5.78 Å². The Hall–Kier alpha value is -1.94. The van der Waals surface area contributed by atoms with Gasteiger partial charge >= 0.3 is 0 Å². The van der Waals surface area contributed by atoms with Crippen molar-refractivity contribution < 1.29 is 10.0 Å². The van der Waals surface area contributed by atoms with Crippen molar-refractivity contribution in [3.05, 3.63) is 36.0 Å². The number of carbonyl (C=O) groups excluding carboxylic acids is 1. The fraction of sp³-hybridized carbons (Fsp3) is 0.0909. The fourth-order valence-electron chi connectivity index (χ4n) is 1.45. The second kappa shape index (κ2) is 3.67. The monoisotopic (exact) mass is 202 g/mol. The summed E-state index contributed by atoms with van der Waals surface area (Å²) in [4.78, 5) is 15.4. The predicted molar refractivity (Wildman–Crippen MR) is 57.2 cm³/mol. The van der Waals surface area contributed by atoms with Crippen molar-refractivity contribution in [2.24, 2.45) is 0 Å². The Balaban J connectivity index is 2.77. The van der Waals surface area contributed by atoms with E-state index in [0.717, 1.165) is 5.39 Å². The molecule has 0 aliphatic rings. The van der Waals surface area contributed by atoms with E-state index >= 15 is 0 Å². The standard InChI is InChI=1S/C11H10N2O2/c1-7(14)10-6-11(13-15)8-4-2-3-5-9(8)12-10/h2-6,15H,1H3,(H,12,13). The molecule has 0 bridgehead atoms. The van der Waals surface area contributed by atoms with E-state index in [1.807, 2.05) is 18.2 Å². The molecule has 4 heteroatoms. The summed E-state index contributed by atoms with van der Waals surface area (Å²) in [6.45, 7) is 1.44. The van der Waals surface area contributed by atoms with E-state index in [4.69, 9.17) is 5.21 Å². The molecular formula is C11H10N2O2. The lowest BCUT2D eigenvalue weighted by Gasteiger charge is -2.06. The van der Waals surface area contributed by atoms with Gasteiger partial charge in [0, 0.05) is 12.3 Å². The molecule has 0 atom stereocenters. The van der Waals surface area contributed by atoms with Crippen LogP contribution in [-0.4, -0.2) is 16.0 Å². The van der Waals surface area contributed by atoms with Gasteiger partial charge in [0.1, 0.15) is 5.69 Å². The van der Waals surface area contributed by atoms with Crippen LogP contribution in [0.25, 0.3) is 10.9 Å². The van der Waals surface area contributed by atoms with Crippen molar-refractivity contribution in [2.45, 2.75) is 6.92 Å². The topological polar surface area (TPSA) is 62.2 Å². The van der Waals surface area contributed by atoms with E-state index in [9.17, 15) is 4.79 Å². The number of hydrogen-bond acceptors (Lipinski definition) is 4. The van der Waals surface area contributed by atoms with Crippen LogP contribution in [0.3, 0.4) is 0 Å². The molecule has 0 amide bonds. The maximum atomic E-state index is 11.2. The maximum absolute atomic E-state index is 11.2. The lowest BCUT2D eigenvalue weighted by atomic mass is 10.1. The minimum atomic E-state index is -0.128. The molecular weight excluding hydrogens is 192 g/mol. The number of hydrogen-bond donors (Lipinski definition) is 2. The predicted octanol–water partition coefficient (Wildman–Crippen LogP) is 2.24. The van der Waals surface area contributed by atoms with E-state index in [1.165, 1.54) is 13.0 Å². The second-order valence-electron chi connectivity index (χ2n) is 3.24. The van der Waals surface area contributed by atoms with Crippen molar-refractivity contribution in [1.29, 1.82) is 0 Å². The number of pyridine rings is 1. The Morgan fingerprint density at radius 3 is 2.80 bits per heavy atom. The van der Waals surface area contributed by atoms with Gasteiger partial charge in [-0.3, -0.25) is 15.5 Å². The zero-order valence-electron chi connectivity index (χ0n) is 8.19. The van der Waals surface area contributed by atoms with Gasteiger partial charge in [-0.25, -0.2) is 4.98 Å². The first-order valence-corrected chi connectivity index (χ1v) is 4.53. The third kappa shape index (κ3) is 1.67. The molecule has 0 unspecified atom stereocenters. The van der Waals surface area contributed by atoms with E-state index in [0.29, 0.717) is 16.9 Å². The number of Topliss-reactive ketones (excluding diaryl/α,β-unsaturated/α-hetero) is 1. The molecule has 4 nitrogen and oxygen atoms in total. The van der Waals surface area contributed by atoms with Gasteiger partial charge in [0.2, 0.25) is 0 Å². The van der Waals surface area contributed by atoms with Crippen LogP contribution in [0, 0.1) is 0 Å². The first-order chi connectivity index (χ1) is 7.22. The normalized spacial score (nSPS) is 10.3. The molecule has 1 heterocycles. The molecule has 1 aromatic carbocycles. The van der Waals surface area contributed by atoms with Crippen molar-refractivity contribution in [1.82, 2.24) is 4.98 Å². The molecule has 76 valence electrons. The largest absolute Gasteiger partial charge is 0.293 e. The molecule has 0 spiro atoms. The molecule has 2 N–H and O–H groups in total. The lowest BCUT2D eigenvalue weighted by Crippen LogP contribution is -2.00. The minimum Gasteiger partial charge on any atom is -0.293 e. The first kappa shape index (κ1) is 9.61. The lowest BCUT2D eigenvalue weighted by molar-refractivity contribution is 0.101. The maximum Gasteiger partial charge on any atom is 0.178 e. The Morgan fingerprint density at radius 1 is 1.40 bits per heavy atom. The van der Waals surface area contributed by atoms with Gasteiger partial charge in [-0.2, -0.15) is 0 Å². The SMILES string of the molecule is CC(=O)c1cc(NO)c2ccccc2n1. The molecule has 0 saturated heterocycles. The van der Waals surface area contributed by atoms with Crippen LogP contribution >= 0.6 is 0 Å². The van der Waals surface area contributed by atoms with Gasteiger partial charge in [-0.05, 0) is 12.1 Å². The average Bonchev–Trinajstić information content (AvgIpc) is 2.27. The number of fused-ring (bicyclic) bond motifs is 1. The van der Waals surface area contributed by atoms with Crippen LogP contribution in [0.5, 0.6) is 0 Å². The number of carbonyl (C=O) groups is 1. The number of para-hydroxylation sites is 1. The van der Waals surface area contributed by atoms with E-state index < -0.39 is 0 Å². The van der Waals surface area contributed by atoms with Crippen LogP contribution in [0.15, 0.2) is 30.3 Å². The molecule has 0 radical (unpaired) electrons.